The smallest absolute Gasteiger partial charge is 0.225 e. The van der Waals surface area contributed by atoms with Crippen LogP contribution in [0.15, 0.2) is 4.99 Å². The molecule has 1 unspecified atom stereocenters. The van der Waals surface area contributed by atoms with E-state index in [0.717, 1.165) is 64.0 Å². The maximum atomic E-state index is 12.7. The van der Waals surface area contributed by atoms with Crippen molar-refractivity contribution in [3.05, 3.63) is 0 Å². The first-order chi connectivity index (χ1) is 12.7. The first-order valence-electron chi connectivity index (χ1n) is 10.7. The number of nitrogens with zero attached hydrogens (tertiary/aromatic N) is 3. The summed E-state index contributed by atoms with van der Waals surface area (Å²) in [4.78, 5) is 21.7. The normalized spacial score (nSPS) is 25.0. The number of amides is 1. The molecule has 2 saturated carbocycles. The van der Waals surface area contributed by atoms with Gasteiger partial charge >= 0.3 is 0 Å². The van der Waals surface area contributed by atoms with Crippen LogP contribution in [0, 0.1) is 5.92 Å². The molecule has 26 heavy (non-hydrogen) atoms. The van der Waals surface area contributed by atoms with Crippen LogP contribution in [0.25, 0.3) is 0 Å². The average Bonchev–Trinajstić information content (AvgIpc) is 3.42. The number of likely N-dealkylation sites (tertiary alicyclic amines) is 1. The Bertz CT molecular complexity index is 485. The molecule has 0 radical (unpaired) electrons. The van der Waals surface area contributed by atoms with Gasteiger partial charge in [0.1, 0.15) is 0 Å². The molecule has 0 aromatic rings. The molecule has 0 spiro atoms. The van der Waals surface area contributed by atoms with Crippen molar-refractivity contribution in [1.82, 2.24) is 20.4 Å². The highest BCUT2D eigenvalue weighted by Crippen LogP contribution is 2.27. The summed E-state index contributed by atoms with van der Waals surface area (Å²) in [6, 6.07) is 1.13. The SMILES string of the molecule is CCN(CCNC(=NC)NC1CCN(C(=O)C2CCCCC2)C1)C1CC1. The standard InChI is InChI=1S/C20H37N5O/c1-3-24(18-9-10-18)14-12-22-20(21-2)23-17-11-13-25(15-17)19(26)16-7-5-4-6-8-16/h16-18H,3-15H2,1-2H3,(H2,21,22,23). The molecule has 0 aromatic carbocycles. The van der Waals surface area contributed by atoms with Crippen molar-refractivity contribution in [3.63, 3.8) is 0 Å². The van der Waals surface area contributed by atoms with Crippen LogP contribution in [0.3, 0.4) is 0 Å². The molecule has 1 amide bonds. The van der Waals surface area contributed by atoms with E-state index in [1.807, 2.05) is 7.05 Å². The number of hydrogen-bond donors (Lipinski definition) is 2. The van der Waals surface area contributed by atoms with Crippen molar-refractivity contribution in [3.8, 4) is 0 Å². The van der Waals surface area contributed by atoms with Gasteiger partial charge in [0.25, 0.3) is 0 Å². The van der Waals surface area contributed by atoms with Crippen molar-refractivity contribution in [2.45, 2.75) is 70.4 Å². The molecule has 6 heteroatoms. The van der Waals surface area contributed by atoms with Gasteiger partial charge in [0.2, 0.25) is 5.91 Å². The first-order valence-corrected chi connectivity index (χ1v) is 10.7. The van der Waals surface area contributed by atoms with Crippen LogP contribution in [0.2, 0.25) is 0 Å². The average molecular weight is 364 g/mol. The Hall–Kier alpha value is -1.30. The van der Waals surface area contributed by atoms with Gasteiger partial charge in [0.05, 0.1) is 0 Å². The Morgan fingerprint density at radius 2 is 1.92 bits per heavy atom. The minimum atomic E-state index is 0.280. The van der Waals surface area contributed by atoms with Gasteiger partial charge in [-0.05, 0) is 38.6 Å². The summed E-state index contributed by atoms with van der Waals surface area (Å²) in [7, 11) is 1.83. The van der Waals surface area contributed by atoms with Gasteiger partial charge in [-0.2, -0.15) is 0 Å². The second-order valence-corrected chi connectivity index (χ2v) is 8.11. The molecular formula is C20H37N5O. The zero-order chi connectivity index (χ0) is 18.4. The number of likely N-dealkylation sites (N-methyl/N-ethyl adjacent to an activating group) is 1. The van der Waals surface area contributed by atoms with Gasteiger partial charge in [-0.3, -0.25) is 14.7 Å². The highest BCUT2D eigenvalue weighted by molar-refractivity contribution is 5.81. The fourth-order valence-corrected chi connectivity index (χ4v) is 4.43. The molecule has 3 fully saturated rings. The molecule has 6 nitrogen and oxygen atoms in total. The van der Waals surface area contributed by atoms with Crippen LogP contribution in [-0.4, -0.2) is 73.5 Å². The van der Waals surface area contributed by atoms with Gasteiger partial charge < -0.3 is 15.5 Å². The van der Waals surface area contributed by atoms with Gasteiger partial charge in [-0.1, -0.05) is 26.2 Å². The number of carbonyl (C=O) groups is 1. The van der Waals surface area contributed by atoms with E-state index in [-0.39, 0.29) is 5.92 Å². The number of aliphatic imine (C=N–C) groups is 1. The summed E-state index contributed by atoms with van der Waals surface area (Å²) >= 11 is 0. The second kappa shape index (κ2) is 9.58. The lowest BCUT2D eigenvalue weighted by Crippen LogP contribution is -2.47. The van der Waals surface area contributed by atoms with Crippen LogP contribution in [0.5, 0.6) is 0 Å². The third-order valence-corrected chi connectivity index (χ3v) is 6.18. The number of nitrogens with one attached hydrogen (secondary N) is 2. The lowest BCUT2D eigenvalue weighted by atomic mass is 9.88. The minimum absolute atomic E-state index is 0.280. The molecule has 2 aliphatic carbocycles. The van der Waals surface area contributed by atoms with E-state index in [4.69, 9.17) is 0 Å². The number of hydrogen-bond acceptors (Lipinski definition) is 3. The van der Waals surface area contributed by atoms with E-state index >= 15 is 0 Å². The largest absolute Gasteiger partial charge is 0.355 e. The van der Waals surface area contributed by atoms with E-state index in [0.29, 0.717) is 11.9 Å². The quantitative estimate of drug-likeness (QED) is 0.535. The summed E-state index contributed by atoms with van der Waals surface area (Å²) in [5.74, 6) is 1.54. The fraction of sp³-hybridized carbons (Fsp3) is 0.900. The van der Waals surface area contributed by atoms with Crippen LogP contribution in [-0.2, 0) is 4.79 Å². The molecule has 1 atom stereocenters. The molecule has 1 saturated heterocycles. The summed E-state index contributed by atoms with van der Waals surface area (Å²) in [5.41, 5.74) is 0. The molecule has 0 bridgehead atoms. The van der Waals surface area contributed by atoms with Gasteiger partial charge in [-0.15, -0.1) is 0 Å². The zero-order valence-corrected chi connectivity index (χ0v) is 16.7. The van der Waals surface area contributed by atoms with E-state index in [9.17, 15) is 4.79 Å². The summed E-state index contributed by atoms with van der Waals surface area (Å²) in [6.07, 6.45) is 9.64. The maximum Gasteiger partial charge on any atom is 0.225 e. The molecule has 0 aromatic heterocycles. The van der Waals surface area contributed by atoms with Crippen molar-refractivity contribution in [2.24, 2.45) is 10.9 Å². The molecule has 3 aliphatic rings. The minimum Gasteiger partial charge on any atom is -0.355 e. The number of guanidine groups is 1. The summed E-state index contributed by atoms with van der Waals surface area (Å²) in [6.45, 7) is 7.05. The maximum absolute atomic E-state index is 12.7. The highest BCUT2D eigenvalue weighted by atomic mass is 16.2. The Balaban J connectivity index is 1.38. The van der Waals surface area contributed by atoms with E-state index < -0.39 is 0 Å². The predicted octanol–water partition coefficient (Wildman–Crippen LogP) is 1.82. The van der Waals surface area contributed by atoms with E-state index in [1.165, 1.54) is 32.1 Å². The van der Waals surface area contributed by atoms with Gasteiger partial charge in [0, 0.05) is 51.2 Å². The number of carbonyl (C=O) groups excluding carboxylic acids is 1. The van der Waals surface area contributed by atoms with Crippen LogP contribution in [0.4, 0.5) is 0 Å². The topological polar surface area (TPSA) is 60.0 Å². The zero-order valence-electron chi connectivity index (χ0n) is 16.7. The fourth-order valence-electron chi connectivity index (χ4n) is 4.43. The number of rotatable bonds is 7. The van der Waals surface area contributed by atoms with Crippen LogP contribution in [0.1, 0.15) is 58.3 Å². The Morgan fingerprint density at radius 1 is 1.15 bits per heavy atom. The summed E-state index contributed by atoms with van der Waals surface area (Å²) in [5, 5.41) is 6.96. The third-order valence-electron chi connectivity index (χ3n) is 6.18. The molecule has 148 valence electrons. The second-order valence-electron chi connectivity index (χ2n) is 8.11. The van der Waals surface area contributed by atoms with Crippen molar-refractivity contribution in [2.75, 3.05) is 39.8 Å². The van der Waals surface area contributed by atoms with Crippen molar-refractivity contribution >= 4 is 11.9 Å². The van der Waals surface area contributed by atoms with E-state index in [1.54, 1.807) is 0 Å². The first kappa shape index (κ1) is 19.5. The van der Waals surface area contributed by atoms with Gasteiger partial charge in [0.15, 0.2) is 5.96 Å². The van der Waals surface area contributed by atoms with Crippen LogP contribution < -0.4 is 10.6 Å². The molecule has 2 N–H and O–H groups in total. The highest BCUT2D eigenvalue weighted by Gasteiger charge is 2.32. The monoisotopic (exact) mass is 363 g/mol. The molecular weight excluding hydrogens is 326 g/mol. The Labute approximate surface area is 158 Å². The van der Waals surface area contributed by atoms with E-state index in [2.05, 4.69) is 32.3 Å². The molecule has 1 aliphatic heterocycles. The molecule has 3 rings (SSSR count). The lowest BCUT2D eigenvalue weighted by Gasteiger charge is -2.26. The molecule has 1 heterocycles. The lowest BCUT2D eigenvalue weighted by molar-refractivity contribution is -0.135. The van der Waals surface area contributed by atoms with Gasteiger partial charge in [-0.25, -0.2) is 0 Å². The summed E-state index contributed by atoms with van der Waals surface area (Å²) < 4.78 is 0. The Kier molecular flexibility index (Phi) is 7.17. The van der Waals surface area contributed by atoms with Crippen LogP contribution >= 0.6 is 0 Å². The Morgan fingerprint density at radius 3 is 2.58 bits per heavy atom. The predicted molar refractivity (Wildman–Crippen MR) is 106 cm³/mol. The van der Waals surface area contributed by atoms with Crippen molar-refractivity contribution < 1.29 is 4.79 Å². The van der Waals surface area contributed by atoms with Crippen molar-refractivity contribution in [1.29, 1.82) is 0 Å². The third kappa shape index (κ3) is 5.35.